The van der Waals surface area contributed by atoms with Crippen molar-refractivity contribution in [1.29, 1.82) is 0 Å². The molecule has 0 spiro atoms. The lowest BCUT2D eigenvalue weighted by atomic mass is 9.75. The first-order valence-corrected chi connectivity index (χ1v) is 11.5. The van der Waals surface area contributed by atoms with Gasteiger partial charge < -0.3 is 20.0 Å². The number of nitrogens with one attached hydrogen (secondary N) is 2. The van der Waals surface area contributed by atoms with Gasteiger partial charge in [-0.3, -0.25) is 14.4 Å². The number of ketones is 1. The van der Waals surface area contributed by atoms with Crippen LogP contribution in [0.3, 0.4) is 0 Å². The number of carbonyl (C=O) groups is 4. The van der Waals surface area contributed by atoms with E-state index in [0.717, 1.165) is 22.0 Å². The molecule has 3 aromatic rings. The Labute approximate surface area is 202 Å². The Morgan fingerprint density at radius 3 is 2.54 bits per heavy atom. The lowest BCUT2D eigenvalue weighted by Gasteiger charge is -2.35. The van der Waals surface area contributed by atoms with Crippen LogP contribution in [-0.4, -0.2) is 52.6 Å². The SMILES string of the molecule is CCC(Cc1c[nH]c2ccccc12)(C(=O)CN1CC(=O)NC(Cc2ccccc2)C1=O)C(=O)ON. The molecule has 0 saturated carbocycles. The van der Waals surface area contributed by atoms with Gasteiger partial charge in [-0.15, -0.1) is 0 Å². The van der Waals surface area contributed by atoms with E-state index < -0.39 is 29.8 Å². The summed E-state index contributed by atoms with van der Waals surface area (Å²) in [5.74, 6) is 3.12. The monoisotopic (exact) mass is 476 g/mol. The van der Waals surface area contributed by atoms with Crippen molar-refractivity contribution in [2.24, 2.45) is 11.3 Å². The van der Waals surface area contributed by atoms with Crippen LogP contribution in [0.25, 0.3) is 10.9 Å². The van der Waals surface area contributed by atoms with E-state index in [9.17, 15) is 19.2 Å². The van der Waals surface area contributed by atoms with Crippen molar-refractivity contribution in [1.82, 2.24) is 15.2 Å². The maximum atomic E-state index is 13.7. The number of aromatic amines is 1. The van der Waals surface area contributed by atoms with E-state index in [1.54, 1.807) is 13.1 Å². The normalized spacial score (nSPS) is 17.7. The summed E-state index contributed by atoms with van der Waals surface area (Å²) in [6.45, 7) is 1.04. The molecule has 1 saturated heterocycles. The molecule has 0 radical (unpaired) electrons. The molecule has 1 aliphatic rings. The van der Waals surface area contributed by atoms with E-state index in [1.807, 2.05) is 54.6 Å². The molecule has 0 bridgehead atoms. The molecule has 2 unspecified atom stereocenters. The third-order valence-electron chi connectivity index (χ3n) is 6.70. The third kappa shape index (κ3) is 4.81. The van der Waals surface area contributed by atoms with E-state index in [0.29, 0.717) is 6.42 Å². The van der Waals surface area contributed by atoms with Crippen molar-refractivity contribution in [3.63, 3.8) is 0 Å². The minimum atomic E-state index is -1.61. The van der Waals surface area contributed by atoms with Crippen LogP contribution >= 0.6 is 0 Å². The van der Waals surface area contributed by atoms with Crippen LogP contribution in [0, 0.1) is 5.41 Å². The quantitative estimate of drug-likeness (QED) is 0.318. The molecule has 2 aromatic carbocycles. The summed E-state index contributed by atoms with van der Waals surface area (Å²) in [6.07, 6.45) is 2.21. The van der Waals surface area contributed by atoms with Crippen molar-refractivity contribution in [3.05, 3.63) is 71.9 Å². The highest BCUT2D eigenvalue weighted by Gasteiger charge is 2.47. The largest absolute Gasteiger partial charge is 0.373 e. The number of nitrogens with zero attached hydrogens (tertiary/aromatic N) is 1. The Morgan fingerprint density at radius 1 is 1.11 bits per heavy atom. The number of Topliss-reactive ketones (excluding diaryl/α,β-unsaturated/α-hetero) is 1. The Hall–Kier alpha value is -3.98. The van der Waals surface area contributed by atoms with Gasteiger partial charge in [0.05, 0.1) is 6.54 Å². The molecule has 1 aliphatic heterocycles. The first-order chi connectivity index (χ1) is 16.9. The summed E-state index contributed by atoms with van der Waals surface area (Å²) in [7, 11) is 0. The van der Waals surface area contributed by atoms with Crippen molar-refractivity contribution >= 4 is 34.5 Å². The Bertz CT molecular complexity index is 1250. The van der Waals surface area contributed by atoms with E-state index in [-0.39, 0.29) is 31.2 Å². The summed E-state index contributed by atoms with van der Waals surface area (Å²) >= 11 is 0. The van der Waals surface area contributed by atoms with E-state index >= 15 is 0 Å². The molecule has 4 N–H and O–H groups in total. The Balaban J connectivity index is 1.59. The van der Waals surface area contributed by atoms with Crippen molar-refractivity contribution in [3.8, 4) is 0 Å². The fourth-order valence-electron chi connectivity index (χ4n) is 4.69. The molecule has 2 atom stereocenters. The first-order valence-electron chi connectivity index (χ1n) is 11.5. The van der Waals surface area contributed by atoms with Gasteiger partial charge >= 0.3 is 5.97 Å². The molecule has 2 amide bonds. The number of benzene rings is 2. The fourth-order valence-corrected chi connectivity index (χ4v) is 4.69. The first kappa shape index (κ1) is 24.2. The zero-order valence-corrected chi connectivity index (χ0v) is 19.5. The van der Waals surface area contributed by atoms with E-state index in [2.05, 4.69) is 15.1 Å². The second-order valence-corrected chi connectivity index (χ2v) is 8.80. The minimum absolute atomic E-state index is 0.0457. The summed E-state index contributed by atoms with van der Waals surface area (Å²) in [6, 6.07) is 16.0. The van der Waals surface area contributed by atoms with Crippen molar-refractivity contribution in [2.75, 3.05) is 13.1 Å². The van der Waals surface area contributed by atoms with Gasteiger partial charge in [-0.2, -0.15) is 5.90 Å². The zero-order chi connectivity index (χ0) is 25.0. The third-order valence-corrected chi connectivity index (χ3v) is 6.70. The lowest BCUT2D eigenvalue weighted by molar-refractivity contribution is -0.163. The van der Waals surface area contributed by atoms with Crippen LogP contribution in [0.4, 0.5) is 0 Å². The van der Waals surface area contributed by atoms with Crippen LogP contribution < -0.4 is 11.2 Å². The molecular formula is C26H28N4O5. The number of nitrogens with two attached hydrogens (primary N) is 1. The highest BCUT2D eigenvalue weighted by molar-refractivity contribution is 6.07. The maximum Gasteiger partial charge on any atom is 0.338 e. The second-order valence-electron chi connectivity index (χ2n) is 8.80. The standard InChI is InChI=1S/C26H28N4O5/c1-2-26(25(34)35-27,13-18-14-28-20-11-7-6-10-19(18)20)22(31)15-30-16-23(32)29-21(24(30)33)12-17-8-4-3-5-9-17/h3-11,14,21,28H,2,12-13,15-16,27H2,1H3,(H,29,32). The van der Waals surface area contributed by atoms with Crippen LogP contribution in [0.15, 0.2) is 60.8 Å². The lowest BCUT2D eigenvalue weighted by Crippen LogP contribution is -2.61. The second kappa shape index (κ2) is 10.1. The molecule has 9 nitrogen and oxygen atoms in total. The van der Waals surface area contributed by atoms with Gasteiger partial charge in [0.2, 0.25) is 11.8 Å². The van der Waals surface area contributed by atoms with Crippen LogP contribution in [-0.2, 0) is 36.9 Å². The van der Waals surface area contributed by atoms with E-state index in [4.69, 9.17) is 5.90 Å². The molecular weight excluding hydrogens is 448 g/mol. The molecule has 2 heterocycles. The van der Waals surface area contributed by atoms with Gasteiger partial charge in [-0.25, -0.2) is 4.79 Å². The molecule has 35 heavy (non-hydrogen) atoms. The van der Waals surface area contributed by atoms with Crippen molar-refractivity contribution in [2.45, 2.75) is 32.2 Å². The summed E-state index contributed by atoms with van der Waals surface area (Å²) in [4.78, 5) is 61.0. The molecule has 1 aromatic heterocycles. The molecule has 9 heteroatoms. The van der Waals surface area contributed by atoms with Gasteiger partial charge in [0, 0.05) is 23.5 Å². The number of hydrogen-bond donors (Lipinski definition) is 3. The average Bonchev–Trinajstić information content (AvgIpc) is 3.28. The Morgan fingerprint density at radius 2 is 1.83 bits per heavy atom. The predicted octanol–water partition coefficient (Wildman–Crippen LogP) is 1.66. The van der Waals surface area contributed by atoms with Gasteiger partial charge in [-0.05, 0) is 30.0 Å². The van der Waals surface area contributed by atoms with Crippen molar-refractivity contribution < 1.29 is 24.0 Å². The highest BCUT2D eigenvalue weighted by atomic mass is 16.7. The molecule has 1 fully saturated rings. The van der Waals surface area contributed by atoms with Gasteiger partial charge in [0.1, 0.15) is 18.0 Å². The number of rotatable bonds is 9. The van der Waals surface area contributed by atoms with Gasteiger partial charge in [0.15, 0.2) is 5.78 Å². The topological polar surface area (TPSA) is 135 Å². The van der Waals surface area contributed by atoms with Gasteiger partial charge in [-0.1, -0.05) is 55.5 Å². The summed E-state index contributed by atoms with van der Waals surface area (Å²) < 4.78 is 0. The number of aromatic nitrogens is 1. The average molecular weight is 477 g/mol. The maximum absolute atomic E-state index is 13.7. The minimum Gasteiger partial charge on any atom is -0.373 e. The zero-order valence-electron chi connectivity index (χ0n) is 19.5. The number of fused-ring (bicyclic) bond motifs is 1. The number of carbonyl (C=O) groups excluding carboxylic acids is 4. The predicted molar refractivity (Wildman–Crippen MR) is 129 cm³/mol. The van der Waals surface area contributed by atoms with Crippen LogP contribution in [0.5, 0.6) is 0 Å². The number of hydrogen-bond acceptors (Lipinski definition) is 6. The number of para-hydroxylation sites is 1. The molecule has 4 rings (SSSR count). The van der Waals surface area contributed by atoms with Gasteiger partial charge in [0.25, 0.3) is 0 Å². The Kier molecular flexibility index (Phi) is 6.97. The molecule has 0 aliphatic carbocycles. The smallest absolute Gasteiger partial charge is 0.338 e. The van der Waals surface area contributed by atoms with E-state index in [1.165, 1.54) is 4.90 Å². The van der Waals surface area contributed by atoms with Crippen LogP contribution in [0.1, 0.15) is 24.5 Å². The number of piperazine rings is 1. The number of H-pyrrole nitrogens is 1. The summed E-state index contributed by atoms with van der Waals surface area (Å²) in [5, 5.41) is 3.58. The number of amides is 2. The highest BCUT2D eigenvalue weighted by Crippen LogP contribution is 2.33. The van der Waals surface area contributed by atoms with Crippen LogP contribution in [0.2, 0.25) is 0 Å². The molecule has 182 valence electrons. The summed E-state index contributed by atoms with van der Waals surface area (Å²) in [5.41, 5.74) is 0.898. The fraction of sp³-hybridized carbons (Fsp3) is 0.308.